The Kier molecular flexibility index (Phi) is 5.07. The summed E-state index contributed by atoms with van der Waals surface area (Å²) < 4.78 is 16.0. The molecule has 0 spiro atoms. The molecule has 1 heterocycles. The zero-order valence-corrected chi connectivity index (χ0v) is 11.3. The van der Waals surface area contributed by atoms with Gasteiger partial charge >= 0.3 is 0 Å². The monoisotopic (exact) mass is 256 g/mol. The molecule has 0 aromatic rings. The van der Waals surface area contributed by atoms with Crippen LogP contribution in [0.25, 0.3) is 0 Å². The average Bonchev–Trinajstić information content (AvgIpc) is 2.54. The van der Waals surface area contributed by atoms with E-state index in [1.165, 1.54) is 0 Å². The quantitative estimate of drug-likeness (QED) is 0.709. The smallest absolute Gasteiger partial charge is 0.164 e. The van der Waals surface area contributed by atoms with Crippen LogP contribution in [-0.2, 0) is 14.2 Å². The molecule has 18 heavy (non-hydrogen) atoms. The molecule has 2 radical (unpaired) electrons. The van der Waals surface area contributed by atoms with Gasteiger partial charge in [-0.2, -0.15) is 0 Å². The molecule has 3 atom stereocenters. The molecule has 6 heteroatoms. The third-order valence-electron chi connectivity index (χ3n) is 2.95. The number of methoxy groups -OCH3 is 1. The highest BCUT2D eigenvalue weighted by Crippen LogP contribution is 2.27. The van der Waals surface area contributed by atoms with Crippen molar-refractivity contribution >= 4 is 7.85 Å². The minimum atomic E-state index is -0.801. The summed E-state index contributed by atoms with van der Waals surface area (Å²) >= 11 is 0. The molecule has 102 valence electrons. The van der Waals surface area contributed by atoms with E-state index < -0.39 is 18.7 Å². The van der Waals surface area contributed by atoms with E-state index in [2.05, 4.69) is 0 Å². The largest absolute Gasteiger partial charge is 0.506 e. The van der Waals surface area contributed by atoms with Crippen LogP contribution < -0.4 is 0 Å². The molecule has 0 saturated carbocycles. The second-order valence-corrected chi connectivity index (χ2v) is 5.39. The van der Waals surface area contributed by atoms with Gasteiger partial charge in [0.15, 0.2) is 11.5 Å². The summed E-state index contributed by atoms with van der Waals surface area (Å²) in [4.78, 5) is 0. The molecule has 0 aromatic heterocycles. The van der Waals surface area contributed by atoms with Crippen LogP contribution in [-0.4, -0.2) is 56.6 Å². The molecule has 0 aliphatic carbocycles. The van der Waals surface area contributed by atoms with E-state index in [4.69, 9.17) is 27.2 Å². The van der Waals surface area contributed by atoms with Gasteiger partial charge in [-0.05, 0) is 5.41 Å². The average molecular weight is 256 g/mol. The Labute approximate surface area is 109 Å². The normalized spacial score (nSPS) is 26.3. The number of hydrogen-bond acceptors (Lipinski definition) is 5. The Morgan fingerprint density at radius 1 is 1.44 bits per heavy atom. The fourth-order valence-corrected chi connectivity index (χ4v) is 1.76. The number of aliphatic hydroxyl groups is 2. The summed E-state index contributed by atoms with van der Waals surface area (Å²) in [5.41, 5.74) is -0.0859. The van der Waals surface area contributed by atoms with Crippen LogP contribution in [0.15, 0.2) is 11.5 Å². The van der Waals surface area contributed by atoms with Gasteiger partial charge < -0.3 is 24.4 Å². The molecule has 2 N–H and O–H groups in total. The first-order chi connectivity index (χ1) is 8.31. The summed E-state index contributed by atoms with van der Waals surface area (Å²) in [6, 6.07) is -0.801. The van der Waals surface area contributed by atoms with Crippen molar-refractivity contribution in [1.29, 1.82) is 0 Å². The third kappa shape index (κ3) is 3.40. The highest BCUT2D eigenvalue weighted by Gasteiger charge is 2.35. The first kappa shape index (κ1) is 15.3. The Hall–Kier alpha value is -0.715. The Morgan fingerprint density at radius 2 is 2.06 bits per heavy atom. The fourth-order valence-electron chi connectivity index (χ4n) is 1.76. The first-order valence-corrected chi connectivity index (χ1v) is 5.90. The van der Waals surface area contributed by atoms with Gasteiger partial charge in [0.25, 0.3) is 0 Å². The molecule has 1 rings (SSSR count). The lowest BCUT2D eigenvalue weighted by Gasteiger charge is -2.30. The molecule has 1 aliphatic rings. The maximum Gasteiger partial charge on any atom is 0.164 e. The lowest BCUT2D eigenvalue weighted by Crippen LogP contribution is -2.37. The van der Waals surface area contributed by atoms with Crippen molar-refractivity contribution < 1.29 is 24.4 Å². The van der Waals surface area contributed by atoms with Gasteiger partial charge in [-0.3, -0.25) is 0 Å². The summed E-state index contributed by atoms with van der Waals surface area (Å²) in [5, 5.41) is 18.7. The molecule has 0 fully saturated rings. The predicted molar refractivity (Wildman–Crippen MR) is 67.4 cm³/mol. The lowest BCUT2D eigenvalue weighted by molar-refractivity contribution is -0.0772. The van der Waals surface area contributed by atoms with Gasteiger partial charge in [-0.15, -0.1) is 0 Å². The van der Waals surface area contributed by atoms with Crippen molar-refractivity contribution in [2.75, 3.05) is 20.3 Å². The van der Waals surface area contributed by atoms with Crippen LogP contribution in [0.1, 0.15) is 20.8 Å². The zero-order valence-electron chi connectivity index (χ0n) is 11.3. The minimum Gasteiger partial charge on any atom is -0.506 e. The van der Waals surface area contributed by atoms with Crippen LogP contribution >= 0.6 is 0 Å². The second-order valence-electron chi connectivity index (χ2n) is 5.39. The van der Waals surface area contributed by atoms with Crippen LogP contribution in [0.2, 0.25) is 0 Å². The van der Waals surface area contributed by atoms with Crippen molar-refractivity contribution in [3.8, 4) is 0 Å². The molecular formula is C12H21BO5. The summed E-state index contributed by atoms with van der Waals surface area (Å²) in [6.45, 7) is 5.98. The van der Waals surface area contributed by atoms with Crippen LogP contribution in [0, 0.1) is 5.41 Å². The van der Waals surface area contributed by atoms with E-state index in [9.17, 15) is 5.11 Å². The molecule has 5 nitrogen and oxygen atoms in total. The molecular weight excluding hydrogens is 235 g/mol. The van der Waals surface area contributed by atoms with E-state index in [1.54, 1.807) is 7.11 Å². The molecule has 0 saturated heterocycles. The SMILES string of the molecule is [B][C@@H]1OC(CO)=C(O)C1OC[C@@H](OC)C(C)(C)C. The number of ether oxygens (including phenoxy) is 3. The molecule has 1 unspecified atom stereocenters. The molecule has 0 aromatic carbocycles. The van der Waals surface area contributed by atoms with Gasteiger partial charge in [-0.25, -0.2) is 0 Å². The van der Waals surface area contributed by atoms with Gasteiger partial charge in [0.05, 0.1) is 18.7 Å². The Morgan fingerprint density at radius 3 is 2.44 bits per heavy atom. The first-order valence-electron chi connectivity index (χ1n) is 5.90. The highest BCUT2D eigenvalue weighted by atomic mass is 16.6. The van der Waals surface area contributed by atoms with Crippen molar-refractivity contribution in [2.45, 2.75) is 39.0 Å². The minimum absolute atomic E-state index is 0.0669. The Bertz CT molecular complexity index is 310. The van der Waals surface area contributed by atoms with E-state index in [0.717, 1.165) is 0 Å². The number of hydrogen-bond donors (Lipinski definition) is 2. The maximum atomic E-state index is 9.76. The van der Waals surface area contributed by atoms with E-state index in [1.807, 2.05) is 20.8 Å². The summed E-state index contributed by atoms with van der Waals surface area (Å²) in [7, 11) is 7.28. The zero-order chi connectivity index (χ0) is 13.9. The summed E-state index contributed by atoms with van der Waals surface area (Å²) in [6.07, 6.45) is -0.886. The van der Waals surface area contributed by atoms with Gasteiger partial charge in [0, 0.05) is 7.11 Å². The van der Waals surface area contributed by atoms with Crippen molar-refractivity contribution in [2.24, 2.45) is 5.41 Å². The second kappa shape index (κ2) is 5.95. The van der Waals surface area contributed by atoms with Gasteiger partial charge in [0.1, 0.15) is 20.6 Å². The Balaban J connectivity index is 2.60. The van der Waals surface area contributed by atoms with Crippen LogP contribution in [0.3, 0.4) is 0 Å². The molecule has 0 amide bonds. The third-order valence-corrected chi connectivity index (χ3v) is 2.95. The van der Waals surface area contributed by atoms with Crippen molar-refractivity contribution in [3.05, 3.63) is 11.5 Å². The van der Waals surface area contributed by atoms with E-state index >= 15 is 0 Å². The standard InChI is InChI=1S/C12H21BO5/c1-12(2,3)8(16-4)6-17-10-9(15)7(5-14)18-11(10)13/h8,10-11,14-15H,5-6H2,1-4H3/t8-,10?,11-/m1/s1. The number of aliphatic hydroxyl groups excluding tert-OH is 2. The topological polar surface area (TPSA) is 68.2 Å². The maximum absolute atomic E-state index is 9.76. The summed E-state index contributed by atoms with van der Waals surface area (Å²) in [5.74, 6) is -0.0778. The van der Waals surface area contributed by atoms with Gasteiger partial charge in [0.2, 0.25) is 0 Å². The van der Waals surface area contributed by atoms with Crippen molar-refractivity contribution in [1.82, 2.24) is 0 Å². The molecule has 0 bridgehead atoms. The van der Waals surface area contributed by atoms with Crippen LogP contribution in [0.4, 0.5) is 0 Å². The lowest BCUT2D eigenvalue weighted by atomic mass is 9.89. The van der Waals surface area contributed by atoms with E-state index in [-0.39, 0.29) is 29.6 Å². The van der Waals surface area contributed by atoms with Crippen molar-refractivity contribution in [3.63, 3.8) is 0 Å². The highest BCUT2D eigenvalue weighted by molar-refractivity contribution is 6.12. The van der Waals surface area contributed by atoms with E-state index in [0.29, 0.717) is 0 Å². The van der Waals surface area contributed by atoms with Gasteiger partial charge in [-0.1, -0.05) is 20.8 Å². The fraction of sp³-hybridized carbons (Fsp3) is 0.833. The molecule has 1 aliphatic heterocycles. The van der Waals surface area contributed by atoms with Crippen LogP contribution in [0.5, 0.6) is 0 Å². The number of rotatable bonds is 5. The predicted octanol–water partition coefficient (Wildman–Crippen LogP) is 0.719.